The minimum absolute atomic E-state index is 0.0318. The molecule has 8 nitrogen and oxygen atoms in total. The highest BCUT2D eigenvalue weighted by Crippen LogP contribution is 2.32. The van der Waals surface area contributed by atoms with E-state index in [1.165, 1.54) is 4.72 Å². The molecule has 0 unspecified atom stereocenters. The first-order valence-corrected chi connectivity index (χ1v) is 9.75. The molecule has 0 bridgehead atoms. The molecule has 0 radical (unpaired) electrons. The minimum atomic E-state index is -5.38. The molecule has 0 spiro atoms. The lowest BCUT2D eigenvalue weighted by molar-refractivity contribution is -0.0447. The van der Waals surface area contributed by atoms with E-state index in [1.54, 1.807) is 6.33 Å². The van der Waals surface area contributed by atoms with Crippen LogP contribution < -0.4 is 10.0 Å². The van der Waals surface area contributed by atoms with E-state index in [2.05, 4.69) is 20.3 Å². The lowest BCUT2D eigenvalue weighted by Crippen LogP contribution is -2.38. The smallest absolute Gasteiger partial charge is 0.367 e. The van der Waals surface area contributed by atoms with Gasteiger partial charge in [-0.1, -0.05) is 12.8 Å². The number of halogens is 4. The van der Waals surface area contributed by atoms with Gasteiger partial charge in [0.1, 0.15) is 0 Å². The Morgan fingerprint density at radius 3 is 2.58 bits per heavy atom. The van der Waals surface area contributed by atoms with Crippen LogP contribution in [0.3, 0.4) is 0 Å². The summed E-state index contributed by atoms with van der Waals surface area (Å²) < 4.78 is 62.1. The maximum atomic E-state index is 12.3. The Labute approximate surface area is 152 Å². The summed E-state index contributed by atoms with van der Waals surface area (Å²) in [7, 11) is -5.38. The third-order valence-corrected chi connectivity index (χ3v) is 5.49. The van der Waals surface area contributed by atoms with E-state index in [-0.39, 0.29) is 23.7 Å². The summed E-state index contributed by atoms with van der Waals surface area (Å²) >= 11 is 5.94. The van der Waals surface area contributed by atoms with Crippen LogP contribution in [0, 0.1) is 0 Å². The largest absolute Gasteiger partial charge is 0.511 e. The monoisotopic (exact) mass is 412 g/mol. The Bertz CT molecular complexity index is 895. The van der Waals surface area contributed by atoms with Crippen LogP contribution in [0.2, 0.25) is 5.28 Å². The first-order valence-electron chi connectivity index (χ1n) is 7.89. The maximum Gasteiger partial charge on any atom is 0.511 e. The predicted octanol–water partition coefficient (Wildman–Crippen LogP) is 2.45. The highest BCUT2D eigenvalue weighted by molar-refractivity contribution is 7.90. The van der Waals surface area contributed by atoms with E-state index in [9.17, 15) is 21.6 Å². The van der Waals surface area contributed by atoms with Crippen molar-refractivity contribution in [2.45, 2.75) is 37.2 Å². The number of rotatable bonds is 6. The highest BCUT2D eigenvalue weighted by atomic mass is 35.5. The van der Waals surface area contributed by atoms with E-state index in [0.717, 1.165) is 25.7 Å². The van der Waals surface area contributed by atoms with Gasteiger partial charge >= 0.3 is 15.5 Å². The van der Waals surface area contributed by atoms with Crippen molar-refractivity contribution in [3.8, 4) is 0 Å². The second kappa shape index (κ2) is 7.16. The molecule has 3 rings (SSSR count). The van der Waals surface area contributed by atoms with Gasteiger partial charge in [-0.05, 0) is 24.4 Å². The van der Waals surface area contributed by atoms with Crippen molar-refractivity contribution in [2.24, 2.45) is 0 Å². The van der Waals surface area contributed by atoms with Crippen molar-refractivity contribution in [3.63, 3.8) is 0 Å². The molecule has 144 valence electrons. The summed E-state index contributed by atoms with van der Waals surface area (Å²) in [6, 6.07) is 0.275. The molecule has 1 aliphatic carbocycles. The Hall–Kier alpha value is -1.66. The van der Waals surface area contributed by atoms with Crippen molar-refractivity contribution >= 4 is 38.6 Å². The van der Waals surface area contributed by atoms with Crippen LogP contribution in [0.4, 0.5) is 19.0 Å². The Balaban J connectivity index is 1.72. The molecule has 0 saturated heterocycles. The van der Waals surface area contributed by atoms with Crippen molar-refractivity contribution < 1.29 is 21.6 Å². The van der Waals surface area contributed by atoms with Crippen molar-refractivity contribution in [3.05, 3.63) is 11.6 Å². The number of anilines is 1. The molecule has 0 aliphatic heterocycles. The number of nitrogens with one attached hydrogen (secondary N) is 2. The summed E-state index contributed by atoms with van der Waals surface area (Å²) in [5.74, 6) is 0.239. The fourth-order valence-corrected chi connectivity index (χ4v) is 3.61. The molecular formula is C13H16ClF3N6O2S. The number of alkyl halides is 3. The van der Waals surface area contributed by atoms with Crippen LogP contribution in [0.5, 0.6) is 0 Å². The van der Waals surface area contributed by atoms with E-state index in [4.69, 9.17) is 11.6 Å². The van der Waals surface area contributed by atoms with E-state index < -0.39 is 22.1 Å². The van der Waals surface area contributed by atoms with Gasteiger partial charge in [0, 0.05) is 19.1 Å². The number of hydrogen-bond donors (Lipinski definition) is 2. The first kappa shape index (κ1) is 19.1. The first-order chi connectivity index (χ1) is 12.2. The lowest BCUT2D eigenvalue weighted by atomic mass is 10.2. The van der Waals surface area contributed by atoms with Crippen LogP contribution in [-0.2, 0) is 10.0 Å². The zero-order chi connectivity index (χ0) is 18.9. The Morgan fingerprint density at radius 2 is 1.92 bits per heavy atom. The molecule has 0 atom stereocenters. The van der Waals surface area contributed by atoms with Crippen LogP contribution in [0.15, 0.2) is 6.33 Å². The van der Waals surface area contributed by atoms with Crippen LogP contribution in [0.25, 0.3) is 11.2 Å². The standard InChI is InChI=1S/C13H16ClF3N6O2S/c14-12-21-10(18-5-6-20-26(24,25)13(15,16)17)9-11(22-12)23(7-19-9)8-3-1-2-4-8/h7-8,20H,1-6H2,(H,18,21,22). The Kier molecular flexibility index (Phi) is 5.26. The molecule has 13 heteroatoms. The molecule has 1 aliphatic rings. The molecular weight excluding hydrogens is 397 g/mol. The number of sulfonamides is 1. The lowest BCUT2D eigenvalue weighted by Gasteiger charge is -2.12. The van der Waals surface area contributed by atoms with Gasteiger partial charge in [0.05, 0.1) is 6.33 Å². The third kappa shape index (κ3) is 3.86. The molecule has 26 heavy (non-hydrogen) atoms. The second-order valence-electron chi connectivity index (χ2n) is 5.87. The van der Waals surface area contributed by atoms with Gasteiger partial charge in [0.25, 0.3) is 0 Å². The molecule has 0 aromatic carbocycles. The summed E-state index contributed by atoms with van der Waals surface area (Å²) in [4.78, 5) is 12.5. The van der Waals surface area contributed by atoms with Gasteiger partial charge in [0.2, 0.25) is 5.28 Å². The molecule has 2 N–H and O–H groups in total. The summed E-state index contributed by atoms with van der Waals surface area (Å²) in [5, 5.41) is 2.72. The van der Waals surface area contributed by atoms with Gasteiger partial charge < -0.3 is 9.88 Å². The van der Waals surface area contributed by atoms with Gasteiger partial charge in [-0.2, -0.15) is 23.1 Å². The topological polar surface area (TPSA) is 102 Å². The number of hydrogen-bond acceptors (Lipinski definition) is 6. The van der Waals surface area contributed by atoms with Crippen LogP contribution >= 0.6 is 11.6 Å². The average molecular weight is 413 g/mol. The van der Waals surface area contributed by atoms with E-state index in [0.29, 0.717) is 11.2 Å². The van der Waals surface area contributed by atoms with Crippen molar-refractivity contribution in [2.75, 3.05) is 18.4 Å². The number of imidazole rings is 1. The Morgan fingerprint density at radius 1 is 1.23 bits per heavy atom. The number of aromatic nitrogens is 4. The molecule has 1 fully saturated rings. The van der Waals surface area contributed by atoms with Gasteiger partial charge in [-0.15, -0.1) is 0 Å². The minimum Gasteiger partial charge on any atom is -0.367 e. The quantitative estimate of drug-likeness (QED) is 0.558. The predicted molar refractivity (Wildman–Crippen MR) is 89.3 cm³/mol. The fourth-order valence-electron chi connectivity index (χ4n) is 2.91. The zero-order valence-electron chi connectivity index (χ0n) is 13.4. The fraction of sp³-hybridized carbons (Fsp3) is 0.615. The second-order valence-corrected chi connectivity index (χ2v) is 7.97. The number of fused-ring (bicyclic) bond motifs is 1. The zero-order valence-corrected chi connectivity index (χ0v) is 15.0. The summed E-state index contributed by atoms with van der Waals surface area (Å²) in [6.45, 7) is -0.609. The van der Waals surface area contributed by atoms with Crippen LogP contribution in [0.1, 0.15) is 31.7 Å². The third-order valence-electron chi connectivity index (χ3n) is 4.13. The SMILES string of the molecule is O=S(=O)(NCCNc1nc(Cl)nc2c1ncn2C1CCCC1)C(F)(F)F. The molecule has 2 aromatic heterocycles. The van der Waals surface area contributed by atoms with E-state index in [1.807, 2.05) is 4.57 Å². The summed E-state index contributed by atoms with van der Waals surface area (Å²) in [5.41, 5.74) is -4.38. The highest BCUT2D eigenvalue weighted by Gasteiger charge is 2.45. The summed E-state index contributed by atoms with van der Waals surface area (Å²) in [6.07, 6.45) is 5.90. The van der Waals surface area contributed by atoms with Crippen molar-refractivity contribution in [1.29, 1.82) is 0 Å². The van der Waals surface area contributed by atoms with Gasteiger partial charge in [-0.3, -0.25) is 0 Å². The van der Waals surface area contributed by atoms with Gasteiger partial charge in [-0.25, -0.2) is 18.1 Å². The number of nitrogens with zero attached hydrogens (tertiary/aromatic N) is 4. The molecule has 1 saturated carbocycles. The van der Waals surface area contributed by atoms with Gasteiger partial charge in [0.15, 0.2) is 17.0 Å². The molecule has 2 heterocycles. The van der Waals surface area contributed by atoms with Crippen molar-refractivity contribution in [1.82, 2.24) is 24.2 Å². The van der Waals surface area contributed by atoms with E-state index >= 15 is 0 Å². The maximum absolute atomic E-state index is 12.3. The molecule has 0 amide bonds. The normalized spacial score (nSPS) is 16.5. The average Bonchev–Trinajstić information content (AvgIpc) is 3.18. The van der Waals surface area contributed by atoms with Crippen LogP contribution in [-0.4, -0.2) is 46.5 Å². The molecule has 2 aromatic rings.